The maximum Gasteiger partial charge on any atom is 0.265 e. The maximum absolute atomic E-state index is 13.5. The number of likely N-dealkylation sites (N-methyl/N-ethyl adjacent to an activating group) is 1. The zero-order valence-corrected chi connectivity index (χ0v) is 21.8. The van der Waals surface area contributed by atoms with E-state index >= 15 is 0 Å². The van der Waals surface area contributed by atoms with Crippen LogP contribution in [0.15, 0.2) is 65.6 Å². The Bertz CT molecular complexity index is 1380. The lowest BCUT2D eigenvalue weighted by Gasteiger charge is -2.31. The molecule has 8 heteroatoms. The average molecular weight is 508 g/mol. The van der Waals surface area contributed by atoms with Crippen LogP contribution in [0.4, 0.5) is 5.69 Å². The fourth-order valence-corrected chi connectivity index (χ4v) is 6.68. The van der Waals surface area contributed by atoms with E-state index in [2.05, 4.69) is 5.32 Å². The molecule has 0 saturated carbocycles. The van der Waals surface area contributed by atoms with E-state index in [1.54, 1.807) is 17.0 Å². The first-order valence-electron chi connectivity index (χ1n) is 12.4. The normalized spacial score (nSPS) is 14.6. The number of aryl methyl sites for hydroxylation is 1. The molecule has 3 aromatic carbocycles. The Morgan fingerprint density at radius 3 is 2.44 bits per heavy atom. The quantitative estimate of drug-likeness (QED) is 0.441. The molecular formula is C28H33N3O4S. The van der Waals surface area contributed by atoms with Gasteiger partial charge in [0.15, 0.2) is 0 Å². The van der Waals surface area contributed by atoms with E-state index in [1.807, 2.05) is 69.3 Å². The summed E-state index contributed by atoms with van der Waals surface area (Å²) in [5.41, 5.74) is 2.69. The molecule has 1 N–H and O–H groups in total. The Hall–Kier alpha value is -3.39. The number of benzene rings is 3. The Balaban J connectivity index is 1.52. The Morgan fingerprint density at radius 1 is 1.03 bits per heavy atom. The number of sulfonamides is 1. The number of carbonyl (C=O) groups is 2. The van der Waals surface area contributed by atoms with Gasteiger partial charge in [-0.15, -0.1) is 0 Å². The Labute approximate surface area is 213 Å². The number of nitrogens with zero attached hydrogens (tertiary/aromatic N) is 2. The molecular weight excluding hydrogens is 474 g/mol. The lowest BCUT2D eigenvalue weighted by Crippen LogP contribution is -2.49. The third kappa shape index (κ3) is 4.95. The van der Waals surface area contributed by atoms with Gasteiger partial charge in [-0.3, -0.25) is 13.9 Å². The molecule has 190 valence electrons. The highest BCUT2D eigenvalue weighted by Gasteiger charge is 2.35. The summed E-state index contributed by atoms with van der Waals surface area (Å²) in [4.78, 5) is 28.2. The molecule has 36 heavy (non-hydrogen) atoms. The molecule has 0 radical (unpaired) electrons. The lowest BCUT2D eigenvalue weighted by molar-refractivity contribution is -0.141. The third-order valence-corrected chi connectivity index (χ3v) is 8.46. The highest BCUT2D eigenvalue weighted by molar-refractivity contribution is 7.93. The van der Waals surface area contributed by atoms with E-state index in [4.69, 9.17) is 0 Å². The third-order valence-electron chi connectivity index (χ3n) is 6.61. The molecule has 0 fully saturated rings. The minimum Gasteiger partial charge on any atom is -0.355 e. The van der Waals surface area contributed by atoms with Gasteiger partial charge in [-0.2, -0.15) is 0 Å². The smallest absolute Gasteiger partial charge is 0.265 e. The van der Waals surface area contributed by atoms with Crippen molar-refractivity contribution >= 4 is 38.3 Å². The minimum absolute atomic E-state index is 0.139. The fourth-order valence-electron chi connectivity index (χ4n) is 4.94. The second kappa shape index (κ2) is 10.7. The summed E-state index contributed by atoms with van der Waals surface area (Å²) in [7, 11) is -3.67. The molecule has 0 aliphatic carbocycles. The average Bonchev–Trinajstić information content (AvgIpc) is 3.07. The highest BCUT2D eigenvalue weighted by atomic mass is 32.2. The van der Waals surface area contributed by atoms with Gasteiger partial charge in [0.25, 0.3) is 10.0 Å². The lowest BCUT2D eigenvalue weighted by atomic mass is 10.1. The van der Waals surface area contributed by atoms with Crippen LogP contribution >= 0.6 is 0 Å². The van der Waals surface area contributed by atoms with Crippen LogP contribution in [0.1, 0.15) is 44.2 Å². The number of amides is 2. The summed E-state index contributed by atoms with van der Waals surface area (Å²) >= 11 is 0. The largest absolute Gasteiger partial charge is 0.355 e. The number of rotatable bonds is 10. The predicted octanol–water partition coefficient (Wildman–Crippen LogP) is 4.38. The summed E-state index contributed by atoms with van der Waals surface area (Å²) in [5.74, 6) is -0.341. The van der Waals surface area contributed by atoms with Gasteiger partial charge < -0.3 is 10.2 Å². The van der Waals surface area contributed by atoms with Gasteiger partial charge in [-0.05, 0) is 49.8 Å². The number of nitrogens with one attached hydrogen (secondary N) is 1. The van der Waals surface area contributed by atoms with E-state index in [9.17, 15) is 18.0 Å². The van der Waals surface area contributed by atoms with Gasteiger partial charge in [0.05, 0.1) is 10.6 Å². The first-order valence-corrected chi connectivity index (χ1v) is 13.9. The summed E-state index contributed by atoms with van der Waals surface area (Å²) in [6.45, 7) is 6.74. The predicted molar refractivity (Wildman–Crippen MR) is 142 cm³/mol. The topological polar surface area (TPSA) is 86.8 Å². The van der Waals surface area contributed by atoms with E-state index in [0.29, 0.717) is 36.5 Å². The molecule has 1 aliphatic rings. The molecule has 0 bridgehead atoms. The van der Waals surface area contributed by atoms with Crippen molar-refractivity contribution in [3.8, 4) is 0 Å². The molecule has 1 heterocycles. The second-order valence-electron chi connectivity index (χ2n) is 9.14. The van der Waals surface area contributed by atoms with E-state index in [-0.39, 0.29) is 24.8 Å². The van der Waals surface area contributed by atoms with E-state index < -0.39 is 16.1 Å². The molecule has 0 spiro atoms. The van der Waals surface area contributed by atoms with Crippen LogP contribution in [0.25, 0.3) is 10.8 Å². The van der Waals surface area contributed by atoms with Crippen molar-refractivity contribution in [1.82, 2.24) is 10.2 Å². The summed E-state index contributed by atoms with van der Waals surface area (Å²) in [5, 5.41) is 4.45. The molecule has 1 atom stereocenters. The van der Waals surface area contributed by atoms with Crippen molar-refractivity contribution in [2.45, 2.75) is 57.5 Å². The summed E-state index contributed by atoms with van der Waals surface area (Å²) in [6.07, 6.45) is 0.972. The highest BCUT2D eigenvalue weighted by Crippen LogP contribution is 2.42. The fraction of sp³-hybridized carbons (Fsp3) is 0.357. The van der Waals surface area contributed by atoms with Crippen molar-refractivity contribution in [2.24, 2.45) is 0 Å². The standard InChI is InChI=1S/C28H33N3O4S/c1-4-23(28(33)29-5-2)30(19-21-11-6-10-20(3)18-21)26(32)16-9-17-31-24-14-7-12-22-13-8-15-25(27(22)24)36(31,34)35/h6-8,10-15,18,23H,4-5,9,16-17,19H2,1-3H3,(H,29,33)/t23-/m1/s1. The van der Waals surface area contributed by atoms with Gasteiger partial charge in [-0.25, -0.2) is 8.42 Å². The first-order chi connectivity index (χ1) is 17.3. The molecule has 2 amide bonds. The molecule has 1 aliphatic heterocycles. The molecule has 4 rings (SSSR count). The molecule has 0 aromatic heterocycles. The SMILES string of the molecule is CCNC(=O)[C@@H](CC)N(Cc1cccc(C)c1)C(=O)CCCN1c2cccc3cccc(c23)S1(=O)=O. The maximum atomic E-state index is 13.5. The van der Waals surface area contributed by atoms with Crippen LogP contribution in [-0.2, 0) is 26.2 Å². The zero-order valence-electron chi connectivity index (χ0n) is 21.0. The zero-order chi connectivity index (χ0) is 25.9. The van der Waals surface area contributed by atoms with Gasteiger partial charge in [0, 0.05) is 31.4 Å². The minimum atomic E-state index is -3.67. The van der Waals surface area contributed by atoms with Gasteiger partial charge in [0.1, 0.15) is 6.04 Å². The van der Waals surface area contributed by atoms with Crippen LogP contribution in [-0.4, -0.2) is 44.3 Å². The van der Waals surface area contributed by atoms with Crippen LogP contribution in [0.5, 0.6) is 0 Å². The van der Waals surface area contributed by atoms with Gasteiger partial charge >= 0.3 is 0 Å². The monoisotopic (exact) mass is 507 g/mol. The molecule has 3 aromatic rings. The van der Waals surface area contributed by atoms with Gasteiger partial charge in [0.2, 0.25) is 11.8 Å². The second-order valence-corrected chi connectivity index (χ2v) is 11.0. The first kappa shape index (κ1) is 25.7. The number of carbonyl (C=O) groups excluding carboxylic acids is 2. The van der Waals surface area contributed by atoms with Crippen molar-refractivity contribution in [1.29, 1.82) is 0 Å². The van der Waals surface area contributed by atoms with Crippen LogP contribution < -0.4 is 9.62 Å². The molecule has 0 saturated heterocycles. The van der Waals surface area contributed by atoms with Crippen LogP contribution in [0, 0.1) is 6.92 Å². The summed E-state index contributed by atoms with van der Waals surface area (Å²) < 4.78 is 27.9. The van der Waals surface area contributed by atoms with E-state index in [1.165, 1.54) is 4.31 Å². The van der Waals surface area contributed by atoms with Crippen molar-refractivity contribution in [3.05, 3.63) is 71.8 Å². The van der Waals surface area contributed by atoms with Crippen molar-refractivity contribution < 1.29 is 18.0 Å². The molecule has 0 unspecified atom stereocenters. The summed E-state index contributed by atoms with van der Waals surface area (Å²) in [6, 6.07) is 18.2. The number of hydrogen-bond acceptors (Lipinski definition) is 4. The van der Waals surface area contributed by atoms with Crippen molar-refractivity contribution in [3.63, 3.8) is 0 Å². The van der Waals surface area contributed by atoms with Crippen molar-refractivity contribution in [2.75, 3.05) is 17.4 Å². The number of anilines is 1. The van der Waals surface area contributed by atoms with Crippen LogP contribution in [0.2, 0.25) is 0 Å². The van der Waals surface area contributed by atoms with Crippen LogP contribution in [0.3, 0.4) is 0 Å². The Morgan fingerprint density at radius 2 is 1.75 bits per heavy atom. The molecule has 7 nitrogen and oxygen atoms in total. The van der Waals surface area contributed by atoms with E-state index in [0.717, 1.165) is 21.9 Å². The Kier molecular flexibility index (Phi) is 7.64. The van der Waals surface area contributed by atoms with Gasteiger partial charge in [-0.1, -0.05) is 61.0 Å². The number of hydrogen-bond donors (Lipinski definition) is 1.